The molecule has 15 heavy (non-hydrogen) atoms. The topological polar surface area (TPSA) is 69.1 Å². The van der Waals surface area contributed by atoms with Crippen LogP contribution in [0.4, 0.5) is 11.4 Å². The Balaban J connectivity index is 2.80. The molecular weight excluding hydrogens is 188 g/mol. The molecule has 0 amide bonds. The molecule has 1 aromatic rings. The summed E-state index contributed by atoms with van der Waals surface area (Å²) >= 11 is 0. The van der Waals surface area contributed by atoms with Gasteiger partial charge in [-0.1, -0.05) is 0 Å². The summed E-state index contributed by atoms with van der Waals surface area (Å²) in [7, 11) is 0. The second-order valence-electron chi connectivity index (χ2n) is 4.21. The lowest BCUT2D eigenvalue weighted by Crippen LogP contribution is -2.17. The third-order valence-corrected chi connectivity index (χ3v) is 3.38. The van der Waals surface area contributed by atoms with Gasteiger partial charge in [0, 0.05) is 23.4 Å². The fourth-order valence-corrected chi connectivity index (χ4v) is 2.24. The molecule has 1 aromatic carbocycles. The van der Waals surface area contributed by atoms with E-state index in [9.17, 15) is 4.79 Å². The Morgan fingerprint density at radius 1 is 1.00 bits per heavy atom. The second-order valence-corrected chi connectivity index (χ2v) is 4.21. The Kier molecular flexibility index (Phi) is 2.18. The number of rotatable bonds is 0. The molecule has 80 valence electrons. The molecule has 0 unspecified atom stereocenters. The van der Waals surface area contributed by atoms with Crippen molar-refractivity contribution in [1.82, 2.24) is 0 Å². The Morgan fingerprint density at radius 2 is 1.60 bits per heavy atom. The van der Waals surface area contributed by atoms with Crippen LogP contribution in [0.1, 0.15) is 39.9 Å². The van der Waals surface area contributed by atoms with Crippen LogP contribution in [0.25, 0.3) is 0 Å². The van der Waals surface area contributed by atoms with Crippen LogP contribution in [0.5, 0.6) is 0 Å². The Morgan fingerprint density at radius 3 is 2.27 bits per heavy atom. The van der Waals surface area contributed by atoms with Crippen molar-refractivity contribution in [3.8, 4) is 0 Å². The molecule has 3 heteroatoms. The van der Waals surface area contributed by atoms with Crippen molar-refractivity contribution in [2.24, 2.45) is 0 Å². The number of ketones is 1. The molecule has 0 aliphatic heterocycles. The van der Waals surface area contributed by atoms with Gasteiger partial charge in [-0.2, -0.15) is 0 Å². The summed E-state index contributed by atoms with van der Waals surface area (Å²) in [5.74, 6) is 0.142. The fraction of sp³-hybridized carbons (Fsp3) is 0.417. The molecule has 0 bridgehead atoms. The number of fused-ring (bicyclic) bond motifs is 1. The van der Waals surface area contributed by atoms with Crippen molar-refractivity contribution in [2.75, 3.05) is 11.5 Å². The number of Topliss-reactive ketones (excluding diaryl/α,β-unsaturated/α-hetero) is 1. The van der Waals surface area contributed by atoms with Crippen LogP contribution in [-0.4, -0.2) is 5.78 Å². The van der Waals surface area contributed by atoms with E-state index in [4.69, 9.17) is 11.5 Å². The van der Waals surface area contributed by atoms with Gasteiger partial charge in [-0.3, -0.25) is 4.79 Å². The van der Waals surface area contributed by atoms with Crippen LogP contribution in [0.3, 0.4) is 0 Å². The fourth-order valence-electron chi connectivity index (χ4n) is 2.24. The molecule has 0 radical (unpaired) electrons. The Hall–Kier alpha value is -1.51. The minimum atomic E-state index is 0.142. The SMILES string of the molecule is Cc1c(C)c(N)c2c(c1N)CCCC2=O. The standard InChI is InChI=1S/C12H16N2O/c1-6-7(2)12(14)10-8(11(6)13)4-3-5-9(10)15/h3-5,13-14H2,1-2H3. The lowest BCUT2D eigenvalue weighted by Gasteiger charge is -2.22. The largest absolute Gasteiger partial charge is 0.398 e. The van der Waals surface area contributed by atoms with Gasteiger partial charge in [0.15, 0.2) is 5.78 Å². The van der Waals surface area contributed by atoms with Crippen LogP contribution < -0.4 is 11.5 Å². The molecule has 0 fully saturated rings. The number of carbonyl (C=O) groups is 1. The van der Waals surface area contributed by atoms with Gasteiger partial charge in [0.2, 0.25) is 0 Å². The summed E-state index contributed by atoms with van der Waals surface area (Å²) in [6.07, 6.45) is 2.36. The van der Waals surface area contributed by atoms with Gasteiger partial charge in [-0.05, 0) is 43.4 Å². The van der Waals surface area contributed by atoms with E-state index in [1.54, 1.807) is 0 Å². The summed E-state index contributed by atoms with van der Waals surface area (Å²) in [5, 5.41) is 0. The van der Waals surface area contributed by atoms with E-state index in [2.05, 4.69) is 0 Å². The van der Waals surface area contributed by atoms with Gasteiger partial charge in [-0.25, -0.2) is 0 Å². The number of carbonyl (C=O) groups excluding carboxylic acids is 1. The highest BCUT2D eigenvalue weighted by atomic mass is 16.1. The molecule has 0 atom stereocenters. The lowest BCUT2D eigenvalue weighted by molar-refractivity contribution is 0.0973. The number of hydrogen-bond donors (Lipinski definition) is 2. The van der Waals surface area contributed by atoms with Gasteiger partial charge in [0.25, 0.3) is 0 Å². The molecule has 0 spiro atoms. The number of benzene rings is 1. The highest BCUT2D eigenvalue weighted by Crippen LogP contribution is 2.35. The van der Waals surface area contributed by atoms with Crippen molar-refractivity contribution in [2.45, 2.75) is 33.1 Å². The average molecular weight is 204 g/mol. The first-order valence-corrected chi connectivity index (χ1v) is 5.24. The molecular formula is C12H16N2O. The van der Waals surface area contributed by atoms with Crippen molar-refractivity contribution in [3.05, 3.63) is 22.3 Å². The average Bonchev–Trinajstić information content (AvgIpc) is 2.23. The lowest BCUT2D eigenvalue weighted by atomic mass is 9.84. The number of nitrogen functional groups attached to an aromatic ring is 2. The van der Waals surface area contributed by atoms with Crippen molar-refractivity contribution in [1.29, 1.82) is 0 Å². The van der Waals surface area contributed by atoms with E-state index in [0.717, 1.165) is 35.2 Å². The first kappa shape index (κ1) is 10.0. The Bertz CT molecular complexity index is 450. The molecule has 0 heterocycles. The van der Waals surface area contributed by atoms with Crippen LogP contribution in [-0.2, 0) is 6.42 Å². The molecule has 4 N–H and O–H groups in total. The zero-order chi connectivity index (χ0) is 11.2. The predicted octanol–water partition coefficient (Wildman–Crippen LogP) is 1.99. The van der Waals surface area contributed by atoms with E-state index in [0.29, 0.717) is 17.7 Å². The molecule has 0 saturated heterocycles. The smallest absolute Gasteiger partial charge is 0.165 e. The van der Waals surface area contributed by atoms with Gasteiger partial charge >= 0.3 is 0 Å². The number of anilines is 2. The van der Waals surface area contributed by atoms with Crippen LogP contribution in [0.15, 0.2) is 0 Å². The maximum Gasteiger partial charge on any atom is 0.165 e. The second kappa shape index (κ2) is 3.26. The first-order valence-electron chi connectivity index (χ1n) is 5.24. The maximum atomic E-state index is 11.8. The minimum absolute atomic E-state index is 0.142. The molecule has 0 aromatic heterocycles. The highest BCUT2D eigenvalue weighted by Gasteiger charge is 2.24. The van der Waals surface area contributed by atoms with Crippen molar-refractivity contribution < 1.29 is 4.79 Å². The maximum absolute atomic E-state index is 11.8. The summed E-state index contributed by atoms with van der Waals surface area (Å²) in [6, 6.07) is 0. The number of nitrogens with two attached hydrogens (primary N) is 2. The van der Waals surface area contributed by atoms with Crippen LogP contribution in [0, 0.1) is 13.8 Å². The van der Waals surface area contributed by atoms with E-state index in [-0.39, 0.29) is 5.78 Å². The van der Waals surface area contributed by atoms with Gasteiger partial charge in [0.05, 0.1) is 0 Å². The Labute approximate surface area is 89.5 Å². The third kappa shape index (κ3) is 1.30. The van der Waals surface area contributed by atoms with Gasteiger partial charge in [0.1, 0.15) is 0 Å². The number of hydrogen-bond acceptors (Lipinski definition) is 3. The summed E-state index contributed by atoms with van der Waals surface area (Å²) in [5.41, 5.74) is 17.0. The zero-order valence-corrected chi connectivity index (χ0v) is 9.18. The molecule has 1 aliphatic rings. The highest BCUT2D eigenvalue weighted by molar-refractivity contribution is 6.05. The van der Waals surface area contributed by atoms with Crippen LogP contribution in [0.2, 0.25) is 0 Å². The van der Waals surface area contributed by atoms with Crippen molar-refractivity contribution >= 4 is 17.2 Å². The van der Waals surface area contributed by atoms with E-state index >= 15 is 0 Å². The monoisotopic (exact) mass is 204 g/mol. The van der Waals surface area contributed by atoms with E-state index < -0.39 is 0 Å². The van der Waals surface area contributed by atoms with E-state index in [1.165, 1.54) is 0 Å². The zero-order valence-electron chi connectivity index (χ0n) is 9.18. The molecule has 0 saturated carbocycles. The quantitative estimate of drug-likeness (QED) is 0.635. The molecule has 2 rings (SSSR count). The minimum Gasteiger partial charge on any atom is -0.398 e. The predicted molar refractivity (Wildman–Crippen MR) is 62.0 cm³/mol. The first-order chi connectivity index (χ1) is 7.04. The van der Waals surface area contributed by atoms with Gasteiger partial charge < -0.3 is 11.5 Å². The summed E-state index contributed by atoms with van der Waals surface area (Å²) < 4.78 is 0. The summed E-state index contributed by atoms with van der Waals surface area (Å²) in [6.45, 7) is 3.88. The summed E-state index contributed by atoms with van der Waals surface area (Å²) in [4.78, 5) is 11.8. The third-order valence-electron chi connectivity index (χ3n) is 3.38. The van der Waals surface area contributed by atoms with Crippen molar-refractivity contribution in [3.63, 3.8) is 0 Å². The van der Waals surface area contributed by atoms with Gasteiger partial charge in [-0.15, -0.1) is 0 Å². The van der Waals surface area contributed by atoms with E-state index in [1.807, 2.05) is 13.8 Å². The normalized spacial score (nSPS) is 15.2. The molecule has 3 nitrogen and oxygen atoms in total. The van der Waals surface area contributed by atoms with Crippen LogP contribution >= 0.6 is 0 Å². The molecule has 1 aliphatic carbocycles.